The van der Waals surface area contributed by atoms with Crippen molar-refractivity contribution >= 4 is 6.03 Å². The standard InChI is InChI=1S/C16H29N3O2/c1-16(21)7-2-8-19(12-16)15(20)17-14-5-9-18(10-6-14)11-13-3-4-13/h13-14,21H,2-12H2,1H3,(H,17,20). The Bertz CT molecular complexity index is 374. The predicted octanol–water partition coefficient (Wildman–Crippen LogP) is 1.42. The molecule has 0 spiro atoms. The molecule has 5 heteroatoms. The maximum atomic E-state index is 12.3. The quantitative estimate of drug-likeness (QED) is 0.828. The van der Waals surface area contributed by atoms with Crippen molar-refractivity contribution in [3.05, 3.63) is 0 Å². The van der Waals surface area contributed by atoms with E-state index in [1.165, 1.54) is 19.4 Å². The number of β-amino-alcohol motifs (C(OH)–C–C–N with tert-alkyl or cyclic N) is 1. The maximum absolute atomic E-state index is 12.3. The van der Waals surface area contributed by atoms with Gasteiger partial charge < -0.3 is 20.2 Å². The van der Waals surface area contributed by atoms with Crippen LogP contribution in [-0.4, -0.2) is 65.3 Å². The Kier molecular flexibility index (Phi) is 4.41. The zero-order valence-electron chi connectivity index (χ0n) is 13.2. The van der Waals surface area contributed by atoms with Gasteiger partial charge in [-0.25, -0.2) is 4.79 Å². The van der Waals surface area contributed by atoms with E-state index in [0.29, 0.717) is 12.6 Å². The van der Waals surface area contributed by atoms with Gasteiger partial charge in [-0.05, 0) is 51.4 Å². The number of hydrogen-bond acceptors (Lipinski definition) is 3. The van der Waals surface area contributed by atoms with Crippen LogP contribution >= 0.6 is 0 Å². The van der Waals surface area contributed by atoms with E-state index in [1.54, 1.807) is 4.90 Å². The molecule has 2 saturated heterocycles. The Labute approximate surface area is 127 Å². The third-order valence-electron chi connectivity index (χ3n) is 5.09. The first-order valence-electron chi connectivity index (χ1n) is 8.52. The second-order valence-corrected chi connectivity index (χ2v) is 7.49. The molecular formula is C16H29N3O2. The summed E-state index contributed by atoms with van der Waals surface area (Å²) in [6.45, 7) is 6.53. The van der Waals surface area contributed by atoms with Gasteiger partial charge in [0.05, 0.1) is 12.1 Å². The van der Waals surface area contributed by atoms with Crippen molar-refractivity contribution in [1.82, 2.24) is 15.1 Å². The lowest BCUT2D eigenvalue weighted by Crippen LogP contribution is -2.55. The summed E-state index contributed by atoms with van der Waals surface area (Å²) in [5, 5.41) is 13.3. The summed E-state index contributed by atoms with van der Waals surface area (Å²) in [6, 6.07) is 0.315. The van der Waals surface area contributed by atoms with Gasteiger partial charge in [-0.1, -0.05) is 0 Å². The van der Waals surface area contributed by atoms with Crippen LogP contribution in [0.3, 0.4) is 0 Å². The highest BCUT2D eigenvalue weighted by atomic mass is 16.3. The van der Waals surface area contributed by atoms with Crippen molar-refractivity contribution in [3.63, 3.8) is 0 Å². The average molecular weight is 295 g/mol. The van der Waals surface area contributed by atoms with Gasteiger partial charge in [0, 0.05) is 32.2 Å². The van der Waals surface area contributed by atoms with Crippen LogP contribution in [0.4, 0.5) is 4.79 Å². The van der Waals surface area contributed by atoms with Crippen LogP contribution in [0, 0.1) is 5.92 Å². The molecule has 0 aromatic heterocycles. The second-order valence-electron chi connectivity index (χ2n) is 7.49. The molecule has 21 heavy (non-hydrogen) atoms. The van der Waals surface area contributed by atoms with E-state index in [1.807, 2.05) is 6.92 Å². The normalized spacial score (nSPS) is 32.2. The van der Waals surface area contributed by atoms with E-state index in [-0.39, 0.29) is 6.03 Å². The first kappa shape index (κ1) is 15.1. The van der Waals surface area contributed by atoms with Crippen LogP contribution in [0.5, 0.6) is 0 Å². The zero-order chi connectivity index (χ0) is 14.9. The van der Waals surface area contributed by atoms with Gasteiger partial charge in [-0.2, -0.15) is 0 Å². The Morgan fingerprint density at radius 2 is 1.95 bits per heavy atom. The predicted molar refractivity (Wildman–Crippen MR) is 82.1 cm³/mol. The molecule has 3 aliphatic rings. The number of rotatable bonds is 3. The lowest BCUT2D eigenvalue weighted by Gasteiger charge is -2.38. The number of hydrogen-bond donors (Lipinski definition) is 2. The number of carbonyl (C=O) groups excluding carboxylic acids is 1. The summed E-state index contributed by atoms with van der Waals surface area (Å²) in [4.78, 5) is 16.6. The monoisotopic (exact) mass is 295 g/mol. The van der Waals surface area contributed by atoms with Crippen LogP contribution in [0.25, 0.3) is 0 Å². The zero-order valence-corrected chi connectivity index (χ0v) is 13.2. The number of amides is 2. The smallest absolute Gasteiger partial charge is 0.317 e. The number of likely N-dealkylation sites (tertiary alicyclic amines) is 2. The number of urea groups is 1. The summed E-state index contributed by atoms with van der Waals surface area (Å²) in [7, 11) is 0. The summed E-state index contributed by atoms with van der Waals surface area (Å²) in [5.74, 6) is 0.951. The molecule has 2 heterocycles. The van der Waals surface area contributed by atoms with Crippen molar-refractivity contribution in [2.45, 2.75) is 57.1 Å². The third kappa shape index (κ3) is 4.33. The summed E-state index contributed by atoms with van der Waals surface area (Å²) >= 11 is 0. The molecule has 0 aromatic rings. The largest absolute Gasteiger partial charge is 0.388 e. The summed E-state index contributed by atoms with van der Waals surface area (Å²) in [5.41, 5.74) is -0.719. The van der Waals surface area contributed by atoms with E-state index < -0.39 is 5.60 Å². The molecule has 5 nitrogen and oxygen atoms in total. The second kappa shape index (κ2) is 6.13. The number of nitrogens with zero attached hydrogens (tertiary/aromatic N) is 2. The molecule has 2 aliphatic heterocycles. The fourth-order valence-corrected chi connectivity index (χ4v) is 3.58. The van der Waals surface area contributed by atoms with Gasteiger partial charge in [-0.15, -0.1) is 0 Å². The van der Waals surface area contributed by atoms with E-state index in [0.717, 1.165) is 51.2 Å². The number of carbonyl (C=O) groups is 1. The van der Waals surface area contributed by atoms with Crippen molar-refractivity contribution in [2.24, 2.45) is 5.92 Å². The highest BCUT2D eigenvalue weighted by Gasteiger charge is 2.32. The molecule has 1 aliphatic carbocycles. The van der Waals surface area contributed by atoms with Gasteiger partial charge in [0.2, 0.25) is 0 Å². The third-order valence-corrected chi connectivity index (χ3v) is 5.09. The Morgan fingerprint density at radius 3 is 2.57 bits per heavy atom. The topological polar surface area (TPSA) is 55.8 Å². The first-order chi connectivity index (χ1) is 10.0. The summed E-state index contributed by atoms with van der Waals surface area (Å²) < 4.78 is 0. The molecule has 3 fully saturated rings. The lowest BCUT2D eigenvalue weighted by molar-refractivity contribution is -0.00314. The number of nitrogens with one attached hydrogen (secondary N) is 1. The van der Waals surface area contributed by atoms with Crippen molar-refractivity contribution < 1.29 is 9.90 Å². The van der Waals surface area contributed by atoms with Gasteiger partial charge in [0.15, 0.2) is 0 Å². The minimum Gasteiger partial charge on any atom is -0.388 e. The number of piperidine rings is 2. The molecule has 1 atom stereocenters. The molecule has 3 rings (SSSR count). The molecule has 120 valence electrons. The van der Waals surface area contributed by atoms with Crippen molar-refractivity contribution in [1.29, 1.82) is 0 Å². The lowest BCUT2D eigenvalue weighted by atomic mass is 9.95. The van der Waals surface area contributed by atoms with E-state index in [9.17, 15) is 9.90 Å². The highest BCUT2D eigenvalue weighted by Crippen LogP contribution is 2.30. The van der Waals surface area contributed by atoms with Crippen LogP contribution in [0.2, 0.25) is 0 Å². The van der Waals surface area contributed by atoms with Gasteiger partial charge in [-0.3, -0.25) is 0 Å². The molecule has 2 amide bonds. The molecule has 1 saturated carbocycles. The molecule has 1 unspecified atom stereocenters. The van der Waals surface area contributed by atoms with Gasteiger partial charge in [0.1, 0.15) is 0 Å². The van der Waals surface area contributed by atoms with Crippen LogP contribution in [0.15, 0.2) is 0 Å². The molecule has 0 aromatic carbocycles. The summed E-state index contributed by atoms with van der Waals surface area (Å²) in [6.07, 6.45) is 6.61. The molecule has 0 radical (unpaired) electrons. The minimum atomic E-state index is -0.719. The van der Waals surface area contributed by atoms with Crippen molar-refractivity contribution in [3.8, 4) is 0 Å². The Morgan fingerprint density at radius 1 is 1.24 bits per heavy atom. The Hall–Kier alpha value is -0.810. The molecule has 2 N–H and O–H groups in total. The van der Waals surface area contributed by atoms with Crippen LogP contribution < -0.4 is 5.32 Å². The van der Waals surface area contributed by atoms with E-state index >= 15 is 0 Å². The van der Waals surface area contributed by atoms with Crippen LogP contribution in [-0.2, 0) is 0 Å². The first-order valence-corrected chi connectivity index (χ1v) is 8.52. The van der Waals surface area contributed by atoms with Gasteiger partial charge in [0.25, 0.3) is 0 Å². The maximum Gasteiger partial charge on any atom is 0.317 e. The van der Waals surface area contributed by atoms with Crippen molar-refractivity contribution in [2.75, 3.05) is 32.7 Å². The fraction of sp³-hybridized carbons (Fsp3) is 0.938. The van der Waals surface area contributed by atoms with E-state index in [2.05, 4.69) is 10.2 Å². The average Bonchev–Trinajstić information content (AvgIpc) is 3.24. The molecular weight excluding hydrogens is 266 g/mol. The van der Waals surface area contributed by atoms with Crippen LogP contribution in [0.1, 0.15) is 45.4 Å². The van der Waals surface area contributed by atoms with E-state index in [4.69, 9.17) is 0 Å². The Balaban J connectivity index is 1.41. The van der Waals surface area contributed by atoms with Gasteiger partial charge >= 0.3 is 6.03 Å². The molecule has 0 bridgehead atoms. The highest BCUT2D eigenvalue weighted by molar-refractivity contribution is 5.74. The minimum absolute atomic E-state index is 0.00983. The fourth-order valence-electron chi connectivity index (χ4n) is 3.58. The number of aliphatic hydroxyl groups is 1. The SMILES string of the molecule is CC1(O)CCCN(C(=O)NC2CCN(CC3CC3)CC2)C1.